The standard InChI is InChI=1S/C30H41BN4O6/c1-2-18-35-27(36)26(10-6-7-17-32-29(38)41-22-24-8-4-3-5-9-24)33-28(37)30(35)15-19-34(20-16-30)21-23-11-13-25(14-12-23)31(39)40/h3-5,8-9,11-14,26,39-40H,2,6-7,10,15-22H2,1H3,(H,32,38)(H,33,37). The minimum absolute atomic E-state index is 0.0201. The van der Waals surface area contributed by atoms with Gasteiger partial charge in [-0.3, -0.25) is 14.5 Å². The summed E-state index contributed by atoms with van der Waals surface area (Å²) < 4.78 is 5.22. The number of alkyl carbamates (subject to hydrolysis) is 1. The van der Waals surface area contributed by atoms with Crippen molar-refractivity contribution in [3.8, 4) is 0 Å². The van der Waals surface area contributed by atoms with Gasteiger partial charge >= 0.3 is 13.2 Å². The van der Waals surface area contributed by atoms with Crippen LogP contribution in [0, 0.1) is 0 Å². The molecule has 2 aromatic carbocycles. The molecular formula is C30H41BN4O6. The molecule has 4 rings (SSSR count). The van der Waals surface area contributed by atoms with Gasteiger partial charge in [0.1, 0.15) is 18.2 Å². The highest BCUT2D eigenvalue weighted by Gasteiger charge is 2.53. The van der Waals surface area contributed by atoms with Gasteiger partial charge in [0, 0.05) is 32.7 Å². The third-order valence-corrected chi connectivity index (χ3v) is 8.02. The van der Waals surface area contributed by atoms with Crippen molar-refractivity contribution in [1.29, 1.82) is 0 Å². The highest BCUT2D eigenvalue weighted by Crippen LogP contribution is 2.34. The highest BCUT2D eigenvalue weighted by atomic mass is 16.5. The molecule has 1 spiro atoms. The number of carbonyl (C=O) groups excluding carboxylic acids is 3. The molecule has 1 unspecified atom stereocenters. The first-order valence-corrected chi connectivity index (χ1v) is 14.6. The third-order valence-electron chi connectivity index (χ3n) is 8.02. The van der Waals surface area contributed by atoms with Crippen LogP contribution >= 0.6 is 0 Å². The number of nitrogens with one attached hydrogen (secondary N) is 2. The Bertz CT molecular complexity index is 1160. The fourth-order valence-corrected chi connectivity index (χ4v) is 5.69. The fourth-order valence-electron chi connectivity index (χ4n) is 5.69. The Hall–Kier alpha value is -3.41. The van der Waals surface area contributed by atoms with Gasteiger partial charge in [0.25, 0.3) is 0 Å². The number of ether oxygens (including phenoxy) is 1. The summed E-state index contributed by atoms with van der Waals surface area (Å²) in [5.74, 6) is -0.0904. The van der Waals surface area contributed by atoms with Crippen molar-refractivity contribution in [2.45, 2.75) is 70.2 Å². The quantitative estimate of drug-likeness (QED) is 0.227. The second kappa shape index (κ2) is 14.5. The lowest BCUT2D eigenvalue weighted by Gasteiger charge is -2.51. The summed E-state index contributed by atoms with van der Waals surface area (Å²) in [5.41, 5.74) is 1.60. The monoisotopic (exact) mass is 564 g/mol. The molecule has 2 heterocycles. The number of nitrogens with zero attached hydrogens (tertiary/aromatic N) is 2. The summed E-state index contributed by atoms with van der Waals surface area (Å²) >= 11 is 0. The molecule has 2 aliphatic heterocycles. The Morgan fingerprint density at radius 3 is 2.41 bits per heavy atom. The van der Waals surface area contributed by atoms with Crippen molar-refractivity contribution in [3.05, 3.63) is 65.7 Å². The lowest BCUT2D eigenvalue weighted by atomic mass is 9.80. The van der Waals surface area contributed by atoms with Crippen LogP contribution in [0.2, 0.25) is 0 Å². The normalized spacial score (nSPS) is 18.7. The Morgan fingerprint density at radius 2 is 1.76 bits per heavy atom. The molecule has 41 heavy (non-hydrogen) atoms. The number of hydrogen-bond acceptors (Lipinski definition) is 7. The molecule has 2 aliphatic rings. The molecule has 0 radical (unpaired) electrons. The zero-order valence-corrected chi connectivity index (χ0v) is 23.8. The molecule has 2 saturated heterocycles. The van der Waals surface area contributed by atoms with Gasteiger partial charge in [0.2, 0.25) is 11.8 Å². The van der Waals surface area contributed by atoms with Crippen LogP contribution < -0.4 is 16.1 Å². The first kappa shape index (κ1) is 30.6. The molecule has 220 valence electrons. The van der Waals surface area contributed by atoms with Crippen LogP contribution in [0.5, 0.6) is 0 Å². The van der Waals surface area contributed by atoms with Crippen LogP contribution in [-0.4, -0.2) is 82.6 Å². The largest absolute Gasteiger partial charge is 0.488 e. The lowest BCUT2D eigenvalue weighted by molar-refractivity contribution is -0.161. The SMILES string of the molecule is CCCN1C(=O)C(CCCCNC(=O)OCc2ccccc2)NC(=O)C12CCN(Cc1ccc(B(O)O)cc1)CC2. The van der Waals surface area contributed by atoms with E-state index in [0.717, 1.165) is 17.5 Å². The van der Waals surface area contributed by atoms with Crippen LogP contribution in [0.15, 0.2) is 54.6 Å². The molecular weight excluding hydrogens is 523 g/mol. The maximum Gasteiger partial charge on any atom is 0.488 e. The Kier molecular flexibility index (Phi) is 10.8. The summed E-state index contributed by atoms with van der Waals surface area (Å²) in [6.07, 6.45) is 3.31. The maximum atomic E-state index is 13.6. The minimum atomic E-state index is -1.49. The van der Waals surface area contributed by atoms with Crippen molar-refractivity contribution in [2.24, 2.45) is 0 Å². The first-order valence-electron chi connectivity index (χ1n) is 14.6. The number of amides is 3. The van der Waals surface area contributed by atoms with E-state index in [4.69, 9.17) is 4.74 Å². The average molecular weight is 564 g/mol. The number of likely N-dealkylation sites (tertiary alicyclic amines) is 1. The second-order valence-electron chi connectivity index (χ2n) is 10.9. The minimum Gasteiger partial charge on any atom is -0.445 e. The first-order chi connectivity index (χ1) is 19.8. The molecule has 10 nitrogen and oxygen atoms in total. The van der Waals surface area contributed by atoms with Gasteiger partial charge in [-0.1, -0.05) is 61.5 Å². The van der Waals surface area contributed by atoms with E-state index in [2.05, 4.69) is 15.5 Å². The molecule has 0 bridgehead atoms. The zero-order chi connectivity index (χ0) is 29.2. The number of piperazine rings is 1. The molecule has 11 heteroatoms. The van der Waals surface area contributed by atoms with Gasteiger partial charge in [-0.25, -0.2) is 4.79 Å². The highest BCUT2D eigenvalue weighted by molar-refractivity contribution is 6.58. The second-order valence-corrected chi connectivity index (χ2v) is 10.9. The molecule has 1 atom stereocenters. The lowest BCUT2D eigenvalue weighted by Crippen LogP contribution is -2.72. The third kappa shape index (κ3) is 7.87. The summed E-state index contributed by atoms with van der Waals surface area (Å²) in [6.45, 7) is 5.27. The Labute approximate surface area is 242 Å². The summed E-state index contributed by atoms with van der Waals surface area (Å²) in [7, 11) is -1.49. The van der Waals surface area contributed by atoms with Crippen LogP contribution in [0.3, 0.4) is 0 Å². The topological polar surface area (TPSA) is 131 Å². The fraction of sp³-hybridized carbons (Fsp3) is 0.500. The van der Waals surface area contributed by atoms with Crippen molar-refractivity contribution in [3.63, 3.8) is 0 Å². The van der Waals surface area contributed by atoms with E-state index in [1.807, 2.05) is 54.3 Å². The summed E-state index contributed by atoms with van der Waals surface area (Å²) in [5, 5.41) is 24.4. The van der Waals surface area contributed by atoms with Gasteiger partial charge in [0.15, 0.2) is 0 Å². The maximum absolute atomic E-state index is 13.6. The van der Waals surface area contributed by atoms with Crippen molar-refractivity contribution in [1.82, 2.24) is 20.4 Å². The number of benzene rings is 2. The van der Waals surface area contributed by atoms with Gasteiger partial charge in [-0.2, -0.15) is 0 Å². The van der Waals surface area contributed by atoms with Crippen molar-refractivity contribution < 1.29 is 29.2 Å². The molecule has 4 N–H and O–H groups in total. The van der Waals surface area contributed by atoms with Crippen LogP contribution in [0.25, 0.3) is 0 Å². The zero-order valence-electron chi connectivity index (χ0n) is 23.8. The van der Waals surface area contributed by atoms with Crippen molar-refractivity contribution in [2.75, 3.05) is 26.2 Å². The predicted molar refractivity (Wildman–Crippen MR) is 156 cm³/mol. The average Bonchev–Trinajstić information content (AvgIpc) is 2.98. The van der Waals surface area contributed by atoms with E-state index in [9.17, 15) is 24.4 Å². The van der Waals surface area contributed by atoms with Crippen LogP contribution in [-0.2, 0) is 27.5 Å². The number of carbonyl (C=O) groups is 3. The van der Waals surface area contributed by atoms with E-state index in [1.54, 1.807) is 12.1 Å². The Balaban J connectivity index is 1.23. The number of rotatable bonds is 12. The molecule has 0 aliphatic carbocycles. The van der Waals surface area contributed by atoms with Gasteiger partial charge in [-0.05, 0) is 55.1 Å². The molecule has 0 saturated carbocycles. The summed E-state index contributed by atoms with van der Waals surface area (Å²) in [6, 6.07) is 16.1. The molecule has 2 aromatic rings. The van der Waals surface area contributed by atoms with Crippen LogP contribution in [0.4, 0.5) is 4.79 Å². The number of unbranched alkanes of at least 4 members (excludes halogenated alkanes) is 1. The number of piperidine rings is 1. The van der Waals surface area contributed by atoms with E-state index >= 15 is 0 Å². The van der Waals surface area contributed by atoms with Crippen LogP contribution in [0.1, 0.15) is 56.6 Å². The van der Waals surface area contributed by atoms with E-state index in [0.29, 0.717) is 70.3 Å². The molecule has 2 fully saturated rings. The number of hydrogen-bond donors (Lipinski definition) is 4. The van der Waals surface area contributed by atoms with E-state index in [-0.39, 0.29) is 18.4 Å². The smallest absolute Gasteiger partial charge is 0.445 e. The van der Waals surface area contributed by atoms with Gasteiger partial charge in [0.05, 0.1) is 0 Å². The molecule has 0 aromatic heterocycles. The Morgan fingerprint density at radius 1 is 1.05 bits per heavy atom. The summed E-state index contributed by atoms with van der Waals surface area (Å²) in [4.78, 5) is 43.1. The van der Waals surface area contributed by atoms with Gasteiger partial charge < -0.3 is 30.3 Å². The molecule has 3 amide bonds. The van der Waals surface area contributed by atoms with Crippen molar-refractivity contribution >= 4 is 30.5 Å². The predicted octanol–water partition coefficient (Wildman–Crippen LogP) is 1.53. The van der Waals surface area contributed by atoms with Gasteiger partial charge in [-0.15, -0.1) is 0 Å². The van der Waals surface area contributed by atoms with E-state index in [1.165, 1.54) is 0 Å². The van der Waals surface area contributed by atoms with E-state index < -0.39 is 24.8 Å².